The molecule has 1 fully saturated rings. The van der Waals surface area contributed by atoms with Crippen molar-refractivity contribution in [2.75, 3.05) is 6.54 Å². The van der Waals surface area contributed by atoms with Crippen molar-refractivity contribution in [2.45, 2.75) is 44.6 Å². The minimum atomic E-state index is -0.733. The zero-order chi connectivity index (χ0) is 15.1. The maximum absolute atomic E-state index is 11.8. The van der Waals surface area contributed by atoms with Gasteiger partial charge in [0.05, 0.1) is 5.60 Å². The Morgan fingerprint density at radius 2 is 2.29 bits per heavy atom. The highest BCUT2D eigenvalue weighted by molar-refractivity contribution is 5.91. The van der Waals surface area contributed by atoms with Gasteiger partial charge in [0.2, 0.25) is 5.91 Å². The molecule has 4 nitrogen and oxygen atoms in total. The molecule has 1 heterocycles. The van der Waals surface area contributed by atoms with Gasteiger partial charge < -0.3 is 10.4 Å². The van der Waals surface area contributed by atoms with Crippen molar-refractivity contribution in [1.82, 2.24) is 10.3 Å². The molecule has 0 aliphatic heterocycles. The Hall–Kier alpha value is -1.68. The molecule has 1 aromatic heterocycles. The van der Waals surface area contributed by atoms with Crippen LogP contribution in [-0.4, -0.2) is 28.1 Å². The molecule has 1 aliphatic carbocycles. The van der Waals surface area contributed by atoms with Crippen molar-refractivity contribution in [3.05, 3.63) is 36.2 Å². The molecule has 0 unspecified atom stereocenters. The fourth-order valence-corrected chi connectivity index (χ4v) is 2.76. The minimum absolute atomic E-state index is 0.176. The van der Waals surface area contributed by atoms with E-state index in [4.69, 9.17) is 0 Å². The maximum Gasteiger partial charge on any atom is 0.244 e. The average Bonchev–Trinajstić information content (AvgIpc) is 2.53. The molecule has 1 saturated carbocycles. The van der Waals surface area contributed by atoms with Gasteiger partial charge in [0, 0.05) is 25.0 Å². The SMILES string of the molecule is CCC1CCC(O)(CNC(=O)C=Cc2cccnc2)CC1. The molecule has 0 atom stereocenters. The Balaban J connectivity index is 1.77. The third-order valence-electron chi connectivity index (χ3n) is 4.32. The van der Waals surface area contributed by atoms with E-state index in [1.54, 1.807) is 18.5 Å². The number of amides is 1. The average molecular weight is 288 g/mol. The number of pyridine rings is 1. The first-order valence-electron chi connectivity index (χ1n) is 7.69. The van der Waals surface area contributed by atoms with Gasteiger partial charge in [0.1, 0.15) is 0 Å². The second kappa shape index (κ2) is 7.36. The number of hydrogen-bond acceptors (Lipinski definition) is 3. The molecule has 1 aliphatic rings. The van der Waals surface area contributed by atoms with Gasteiger partial charge in [-0.15, -0.1) is 0 Å². The first kappa shape index (κ1) is 15.7. The number of carbonyl (C=O) groups excluding carboxylic acids is 1. The largest absolute Gasteiger partial charge is 0.388 e. The van der Waals surface area contributed by atoms with Gasteiger partial charge in [0.25, 0.3) is 0 Å². The van der Waals surface area contributed by atoms with Crippen LogP contribution in [0.25, 0.3) is 6.08 Å². The number of nitrogens with one attached hydrogen (secondary N) is 1. The lowest BCUT2D eigenvalue weighted by Gasteiger charge is -2.35. The lowest BCUT2D eigenvalue weighted by Crippen LogP contribution is -2.45. The quantitative estimate of drug-likeness (QED) is 0.818. The molecule has 2 rings (SSSR count). The molecule has 0 aromatic carbocycles. The molecular weight excluding hydrogens is 264 g/mol. The number of carbonyl (C=O) groups is 1. The van der Waals surface area contributed by atoms with E-state index in [1.807, 2.05) is 12.1 Å². The summed E-state index contributed by atoms with van der Waals surface area (Å²) in [5.41, 5.74) is 0.151. The van der Waals surface area contributed by atoms with E-state index in [0.717, 1.165) is 37.2 Å². The first-order valence-corrected chi connectivity index (χ1v) is 7.69. The van der Waals surface area contributed by atoms with E-state index < -0.39 is 5.60 Å². The van der Waals surface area contributed by atoms with Crippen LogP contribution < -0.4 is 5.32 Å². The van der Waals surface area contributed by atoms with Gasteiger partial charge in [0.15, 0.2) is 0 Å². The van der Waals surface area contributed by atoms with Gasteiger partial charge >= 0.3 is 0 Å². The molecule has 0 saturated heterocycles. The number of aromatic nitrogens is 1. The van der Waals surface area contributed by atoms with Crippen LogP contribution in [0.1, 0.15) is 44.6 Å². The third kappa shape index (κ3) is 4.97. The van der Waals surface area contributed by atoms with Gasteiger partial charge in [-0.25, -0.2) is 0 Å². The Morgan fingerprint density at radius 1 is 1.52 bits per heavy atom. The van der Waals surface area contributed by atoms with Crippen molar-refractivity contribution in [1.29, 1.82) is 0 Å². The van der Waals surface area contributed by atoms with E-state index in [0.29, 0.717) is 6.54 Å². The third-order valence-corrected chi connectivity index (χ3v) is 4.32. The van der Waals surface area contributed by atoms with E-state index in [1.165, 1.54) is 12.5 Å². The van der Waals surface area contributed by atoms with Crippen LogP contribution in [0.4, 0.5) is 0 Å². The molecule has 0 bridgehead atoms. The van der Waals surface area contributed by atoms with Crippen LogP contribution >= 0.6 is 0 Å². The van der Waals surface area contributed by atoms with Gasteiger partial charge in [-0.3, -0.25) is 9.78 Å². The predicted octanol–water partition coefficient (Wildman–Crippen LogP) is 2.54. The lowest BCUT2D eigenvalue weighted by atomic mass is 9.78. The standard InChI is InChI=1S/C17H24N2O2/c1-2-14-7-9-17(21,10-8-14)13-19-16(20)6-5-15-4-3-11-18-12-15/h3-6,11-12,14,21H,2,7-10,13H2,1H3,(H,19,20). The zero-order valence-electron chi connectivity index (χ0n) is 12.6. The lowest BCUT2D eigenvalue weighted by molar-refractivity contribution is -0.118. The van der Waals surface area contributed by atoms with Gasteiger partial charge in [-0.2, -0.15) is 0 Å². The van der Waals surface area contributed by atoms with Crippen LogP contribution in [0.15, 0.2) is 30.6 Å². The molecule has 4 heteroatoms. The Kier molecular flexibility index (Phi) is 5.51. The topological polar surface area (TPSA) is 62.2 Å². The maximum atomic E-state index is 11.8. The molecule has 21 heavy (non-hydrogen) atoms. The van der Waals surface area contributed by atoms with Crippen LogP contribution in [0.2, 0.25) is 0 Å². The second-order valence-electron chi connectivity index (χ2n) is 5.91. The first-order chi connectivity index (χ1) is 10.1. The van der Waals surface area contributed by atoms with Crippen LogP contribution in [0.5, 0.6) is 0 Å². The number of rotatable bonds is 5. The van der Waals surface area contributed by atoms with Crippen LogP contribution in [0.3, 0.4) is 0 Å². The van der Waals surface area contributed by atoms with E-state index >= 15 is 0 Å². The van der Waals surface area contributed by atoms with E-state index in [2.05, 4.69) is 17.2 Å². The van der Waals surface area contributed by atoms with Crippen LogP contribution in [0, 0.1) is 5.92 Å². The molecule has 0 spiro atoms. The van der Waals surface area contributed by atoms with Gasteiger partial charge in [-0.1, -0.05) is 19.4 Å². The smallest absolute Gasteiger partial charge is 0.244 e. The fraction of sp³-hybridized carbons (Fsp3) is 0.529. The monoisotopic (exact) mass is 288 g/mol. The second-order valence-corrected chi connectivity index (χ2v) is 5.91. The number of hydrogen-bond donors (Lipinski definition) is 2. The highest BCUT2D eigenvalue weighted by Gasteiger charge is 2.32. The van der Waals surface area contributed by atoms with Crippen molar-refractivity contribution in [3.8, 4) is 0 Å². The Labute approximate surface area is 126 Å². The van der Waals surface area contributed by atoms with Crippen LogP contribution in [-0.2, 0) is 4.79 Å². The minimum Gasteiger partial charge on any atom is -0.388 e. The molecule has 114 valence electrons. The fourth-order valence-electron chi connectivity index (χ4n) is 2.76. The van der Waals surface area contributed by atoms with Gasteiger partial charge in [-0.05, 0) is 49.3 Å². The molecule has 1 amide bonds. The predicted molar refractivity (Wildman–Crippen MR) is 83.5 cm³/mol. The highest BCUT2D eigenvalue weighted by atomic mass is 16.3. The summed E-state index contributed by atoms with van der Waals surface area (Å²) in [5.74, 6) is 0.552. The summed E-state index contributed by atoms with van der Waals surface area (Å²) in [5, 5.41) is 13.3. The van der Waals surface area contributed by atoms with E-state index in [-0.39, 0.29) is 5.91 Å². The summed E-state index contributed by atoms with van der Waals surface area (Å²) in [6.45, 7) is 2.53. The van der Waals surface area contributed by atoms with Crippen molar-refractivity contribution in [2.24, 2.45) is 5.92 Å². The van der Waals surface area contributed by atoms with Crippen molar-refractivity contribution in [3.63, 3.8) is 0 Å². The highest BCUT2D eigenvalue weighted by Crippen LogP contribution is 2.33. The number of nitrogens with zero attached hydrogens (tertiary/aromatic N) is 1. The molecule has 1 aromatic rings. The summed E-state index contributed by atoms with van der Waals surface area (Å²) in [4.78, 5) is 15.8. The summed E-state index contributed by atoms with van der Waals surface area (Å²) in [7, 11) is 0. The Bertz CT molecular complexity index is 477. The Morgan fingerprint density at radius 3 is 2.90 bits per heavy atom. The summed E-state index contributed by atoms with van der Waals surface area (Å²) >= 11 is 0. The molecule has 2 N–H and O–H groups in total. The van der Waals surface area contributed by atoms with Crippen molar-refractivity contribution >= 4 is 12.0 Å². The molecule has 0 radical (unpaired) electrons. The summed E-state index contributed by atoms with van der Waals surface area (Å²) in [6, 6.07) is 3.71. The summed E-state index contributed by atoms with van der Waals surface area (Å²) < 4.78 is 0. The molecular formula is C17H24N2O2. The summed E-state index contributed by atoms with van der Waals surface area (Å²) in [6.07, 6.45) is 11.4. The van der Waals surface area contributed by atoms with Crippen molar-refractivity contribution < 1.29 is 9.90 Å². The normalized spacial score (nSPS) is 25.9. The van der Waals surface area contributed by atoms with E-state index in [9.17, 15) is 9.90 Å². The number of aliphatic hydroxyl groups is 1. The zero-order valence-corrected chi connectivity index (χ0v) is 12.6.